The fraction of sp³-hybridized carbons (Fsp3) is 0.519. The molecular formula is C27H38N6O11. The smallest absolute Gasteiger partial charge is 0.322 e. The Hall–Kier alpha value is -4.77. The van der Waals surface area contributed by atoms with E-state index in [4.69, 9.17) is 10.8 Å². The SMILES string of the molecule is C[C@H](NC(=O)[C@@H]1CCCN1C(=O)[C@H](CCC(=O)O)NC(=O)[C@@H](N)Cc1ccc(O)cc1)C(=O)N[C@@H](CO)C(=O)NCC(=O)O. The van der Waals surface area contributed by atoms with Gasteiger partial charge in [0.1, 0.15) is 36.5 Å². The number of aliphatic hydroxyl groups is 1. The quantitative estimate of drug-likeness (QED) is 0.0881. The number of aliphatic carboxylic acids is 2. The Bertz CT molecular complexity index is 1230. The molecule has 1 aliphatic rings. The summed E-state index contributed by atoms with van der Waals surface area (Å²) in [5.74, 6) is -6.49. The Kier molecular flexibility index (Phi) is 13.5. The number of amides is 5. The lowest BCUT2D eigenvalue weighted by molar-refractivity contribution is -0.143. The molecule has 1 heterocycles. The van der Waals surface area contributed by atoms with E-state index in [1.54, 1.807) is 12.1 Å². The molecule has 0 saturated carbocycles. The maximum atomic E-state index is 13.5. The van der Waals surface area contributed by atoms with Gasteiger partial charge in [-0.15, -0.1) is 0 Å². The van der Waals surface area contributed by atoms with E-state index in [0.717, 1.165) is 0 Å². The first-order chi connectivity index (χ1) is 20.7. The van der Waals surface area contributed by atoms with E-state index in [9.17, 15) is 48.9 Å². The average molecular weight is 623 g/mol. The van der Waals surface area contributed by atoms with Crippen molar-refractivity contribution in [3.63, 3.8) is 0 Å². The summed E-state index contributed by atoms with van der Waals surface area (Å²) >= 11 is 0. The number of carbonyl (C=O) groups excluding carboxylic acids is 5. The summed E-state index contributed by atoms with van der Waals surface area (Å²) in [7, 11) is 0. The summed E-state index contributed by atoms with van der Waals surface area (Å²) in [5, 5.41) is 45.8. The second-order valence-electron chi connectivity index (χ2n) is 10.2. The third kappa shape index (κ3) is 10.8. The predicted octanol–water partition coefficient (Wildman–Crippen LogP) is -3.21. The monoisotopic (exact) mass is 622 g/mol. The highest BCUT2D eigenvalue weighted by molar-refractivity contribution is 5.96. The Morgan fingerprint density at radius 3 is 2.16 bits per heavy atom. The molecule has 242 valence electrons. The van der Waals surface area contributed by atoms with Gasteiger partial charge in [0.25, 0.3) is 0 Å². The second-order valence-corrected chi connectivity index (χ2v) is 10.2. The molecule has 1 saturated heterocycles. The third-order valence-electron chi connectivity index (χ3n) is 6.81. The molecule has 0 bridgehead atoms. The standard InChI is InChI=1S/C27H38N6O11/c1-14(23(40)32-19(13-34)25(42)29-12-22(38)39)30-26(43)20-3-2-10-33(20)27(44)18(8-9-21(36)37)31-24(41)17(28)11-15-4-6-16(35)7-5-15/h4-7,14,17-20,34-35H,2-3,8-13,28H2,1H3,(H,29,42)(H,30,43)(H,31,41)(H,32,40)(H,36,37)(H,38,39)/t14-,17-,18-,19-,20-/m0/s1. The van der Waals surface area contributed by atoms with E-state index >= 15 is 0 Å². The van der Waals surface area contributed by atoms with Gasteiger partial charge in [-0.3, -0.25) is 33.6 Å². The van der Waals surface area contributed by atoms with Crippen LogP contribution >= 0.6 is 0 Å². The summed E-state index contributed by atoms with van der Waals surface area (Å²) in [6.45, 7) is -0.164. The van der Waals surface area contributed by atoms with Crippen LogP contribution in [0.2, 0.25) is 0 Å². The zero-order valence-corrected chi connectivity index (χ0v) is 24.0. The van der Waals surface area contributed by atoms with Gasteiger partial charge in [0.05, 0.1) is 12.6 Å². The minimum Gasteiger partial charge on any atom is -0.508 e. The lowest BCUT2D eigenvalue weighted by Gasteiger charge is -2.30. The summed E-state index contributed by atoms with van der Waals surface area (Å²) in [6.07, 6.45) is -0.0533. The number of hydrogen-bond donors (Lipinski definition) is 9. The fourth-order valence-electron chi connectivity index (χ4n) is 4.44. The molecule has 0 aliphatic carbocycles. The molecule has 5 amide bonds. The van der Waals surface area contributed by atoms with Crippen molar-refractivity contribution in [3.05, 3.63) is 29.8 Å². The molecule has 0 spiro atoms. The van der Waals surface area contributed by atoms with Crippen molar-refractivity contribution in [1.29, 1.82) is 0 Å². The summed E-state index contributed by atoms with van der Waals surface area (Å²) < 4.78 is 0. The Labute approximate surface area is 252 Å². The number of nitrogens with zero attached hydrogens (tertiary/aromatic N) is 1. The lowest BCUT2D eigenvalue weighted by Crippen LogP contribution is -2.58. The number of benzene rings is 1. The number of nitrogens with two attached hydrogens (primary N) is 1. The van der Waals surface area contributed by atoms with Gasteiger partial charge in [0.15, 0.2) is 0 Å². The Balaban J connectivity index is 2.06. The second kappa shape index (κ2) is 16.8. The Morgan fingerprint density at radius 2 is 1.57 bits per heavy atom. The predicted molar refractivity (Wildman–Crippen MR) is 151 cm³/mol. The maximum absolute atomic E-state index is 13.5. The van der Waals surface area contributed by atoms with Crippen molar-refractivity contribution in [2.45, 2.75) is 69.2 Å². The van der Waals surface area contributed by atoms with Crippen LogP contribution in [0.3, 0.4) is 0 Å². The van der Waals surface area contributed by atoms with Crippen molar-refractivity contribution in [2.24, 2.45) is 5.73 Å². The minimum absolute atomic E-state index is 0.0278. The largest absolute Gasteiger partial charge is 0.508 e. The number of nitrogens with one attached hydrogen (secondary N) is 4. The van der Waals surface area contributed by atoms with Gasteiger partial charge in [-0.2, -0.15) is 0 Å². The third-order valence-corrected chi connectivity index (χ3v) is 6.81. The van der Waals surface area contributed by atoms with E-state index < -0.39 is 91.3 Å². The molecule has 1 fully saturated rings. The number of aromatic hydroxyl groups is 1. The number of phenolic OH excluding ortho intramolecular Hbond substituents is 1. The molecular weight excluding hydrogens is 584 g/mol. The number of aliphatic hydroxyl groups excluding tert-OH is 1. The van der Waals surface area contributed by atoms with E-state index in [1.165, 1.54) is 24.0 Å². The summed E-state index contributed by atoms with van der Waals surface area (Å²) in [4.78, 5) is 87.1. The number of carboxylic acid groups (broad SMARTS) is 2. The van der Waals surface area contributed by atoms with E-state index in [0.29, 0.717) is 12.0 Å². The van der Waals surface area contributed by atoms with E-state index in [1.807, 2.05) is 5.32 Å². The number of carbonyl (C=O) groups is 7. The van der Waals surface area contributed by atoms with Crippen LogP contribution < -0.4 is 27.0 Å². The van der Waals surface area contributed by atoms with Crippen LogP contribution in [-0.2, 0) is 40.0 Å². The van der Waals surface area contributed by atoms with Crippen LogP contribution in [0.15, 0.2) is 24.3 Å². The van der Waals surface area contributed by atoms with Crippen molar-refractivity contribution < 1.29 is 54.0 Å². The normalized spacial score (nSPS) is 17.0. The van der Waals surface area contributed by atoms with Crippen LogP contribution in [-0.4, -0.2) is 117 Å². The van der Waals surface area contributed by atoms with E-state index in [2.05, 4.69) is 16.0 Å². The van der Waals surface area contributed by atoms with Crippen molar-refractivity contribution in [1.82, 2.24) is 26.2 Å². The molecule has 2 rings (SSSR count). The van der Waals surface area contributed by atoms with E-state index in [-0.39, 0.29) is 31.6 Å². The number of likely N-dealkylation sites (tertiary alicyclic amines) is 1. The highest BCUT2D eigenvalue weighted by Gasteiger charge is 2.39. The molecule has 17 nitrogen and oxygen atoms in total. The van der Waals surface area contributed by atoms with Crippen molar-refractivity contribution in [3.8, 4) is 5.75 Å². The topological polar surface area (TPSA) is 278 Å². The van der Waals surface area contributed by atoms with Crippen molar-refractivity contribution >= 4 is 41.5 Å². The molecule has 5 atom stereocenters. The molecule has 0 radical (unpaired) electrons. The van der Waals surface area contributed by atoms with Crippen LogP contribution in [0.4, 0.5) is 0 Å². The number of rotatable bonds is 16. The van der Waals surface area contributed by atoms with Crippen molar-refractivity contribution in [2.75, 3.05) is 19.7 Å². The molecule has 10 N–H and O–H groups in total. The fourth-order valence-corrected chi connectivity index (χ4v) is 4.44. The number of phenols is 1. The Morgan fingerprint density at radius 1 is 0.932 bits per heavy atom. The van der Waals surface area contributed by atoms with Gasteiger partial charge in [-0.25, -0.2) is 0 Å². The van der Waals surface area contributed by atoms with Gasteiger partial charge in [0.2, 0.25) is 29.5 Å². The van der Waals surface area contributed by atoms with Gasteiger partial charge in [-0.1, -0.05) is 12.1 Å². The lowest BCUT2D eigenvalue weighted by atomic mass is 10.0. The molecule has 0 aromatic heterocycles. The maximum Gasteiger partial charge on any atom is 0.322 e. The molecule has 0 unspecified atom stereocenters. The average Bonchev–Trinajstić information content (AvgIpc) is 3.47. The first-order valence-corrected chi connectivity index (χ1v) is 13.8. The highest BCUT2D eigenvalue weighted by atomic mass is 16.4. The molecule has 1 aromatic rings. The van der Waals surface area contributed by atoms with Gasteiger partial charge in [-0.05, 0) is 50.3 Å². The first kappa shape index (κ1) is 35.4. The van der Waals surface area contributed by atoms with Crippen LogP contribution in [0.25, 0.3) is 0 Å². The molecule has 1 aromatic carbocycles. The van der Waals surface area contributed by atoms with Gasteiger partial charge in [0, 0.05) is 13.0 Å². The molecule has 44 heavy (non-hydrogen) atoms. The highest BCUT2D eigenvalue weighted by Crippen LogP contribution is 2.20. The van der Waals surface area contributed by atoms with Crippen LogP contribution in [0, 0.1) is 0 Å². The number of carboxylic acids is 2. The van der Waals surface area contributed by atoms with Crippen LogP contribution in [0.5, 0.6) is 5.75 Å². The number of hydrogen-bond acceptors (Lipinski definition) is 10. The molecule has 17 heteroatoms. The minimum atomic E-state index is -1.48. The van der Waals surface area contributed by atoms with Gasteiger partial charge < -0.3 is 52.3 Å². The molecule has 1 aliphatic heterocycles. The summed E-state index contributed by atoms with van der Waals surface area (Å²) in [5.41, 5.74) is 6.65. The summed E-state index contributed by atoms with van der Waals surface area (Å²) in [6, 6.07) is -0.200. The zero-order valence-electron chi connectivity index (χ0n) is 24.0. The van der Waals surface area contributed by atoms with Crippen LogP contribution in [0.1, 0.15) is 38.2 Å². The van der Waals surface area contributed by atoms with Gasteiger partial charge >= 0.3 is 11.9 Å². The zero-order chi connectivity index (χ0) is 33.0. The first-order valence-electron chi connectivity index (χ1n) is 13.8.